The number of thiazole rings is 1. The van der Waals surface area contributed by atoms with Crippen LogP contribution in [0.3, 0.4) is 0 Å². The molecule has 2 aromatic carbocycles. The molecule has 1 aromatic heterocycles. The van der Waals surface area contributed by atoms with Crippen molar-refractivity contribution < 1.29 is 17.2 Å². The summed E-state index contributed by atoms with van der Waals surface area (Å²) in [5.74, 6) is -2.06. The first-order valence-electron chi connectivity index (χ1n) is 9.77. The van der Waals surface area contributed by atoms with Crippen LogP contribution in [0.5, 0.6) is 0 Å². The number of hydrogen-bond acceptors (Lipinski definition) is 5. The van der Waals surface area contributed by atoms with Crippen LogP contribution in [0, 0.1) is 18.6 Å². The lowest BCUT2D eigenvalue weighted by atomic mass is 10.1. The van der Waals surface area contributed by atoms with E-state index in [4.69, 9.17) is 4.98 Å². The molecule has 30 heavy (non-hydrogen) atoms. The molecule has 4 nitrogen and oxygen atoms in total. The summed E-state index contributed by atoms with van der Waals surface area (Å²) in [5.41, 5.74) is 3.38. The highest BCUT2D eigenvalue weighted by Crippen LogP contribution is 2.31. The predicted octanol–water partition coefficient (Wildman–Crippen LogP) is 4.76. The van der Waals surface area contributed by atoms with Crippen LogP contribution in [0.25, 0.3) is 0 Å². The smallest absolute Gasteiger partial charge is 0.187 e. The standard InChI is InChI=1S/C22H22F2N2O2S2/c1-15-5-7-16(8-6-15)13-17-14-29-22(25-17)26-11-9-18(10-12-26)30(27,28)21-19(23)3-2-4-20(21)24/h2-8,14,18H,9-13H2,1H3. The average Bonchev–Trinajstić information content (AvgIpc) is 3.18. The van der Waals surface area contributed by atoms with Crippen LogP contribution in [-0.4, -0.2) is 31.7 Å². The van der Waals surface area contributed by atoms with Crippen LogP contribution in [0.4, 0.5) is 13.9 Å². The van der Waals surface area contributed by atoms with E-state index in [9.17, 15) is 17.2 Å². The fraction of sp³-hybridized carbons (Fsp3) is 0.318. The molecule has 0 aliphatic carbocycles. The van der Waals surface area contributed by atoms with E-state index < -0.39 is 31.6 Å². The van der Waals surface area contributed by atoms with E-state index in [1.54, 1.807) is 0 Å². The first-order chi connectivity index (χ1) is 14.3. The number of rotatable bonds is 5. The Kier molecular flexibility index (Phi) is 5.88. The number of nitrogens with zero attached hydrogens (tertiary/aromatic N) is 2. The molecule has 4 rings (SSSR count). The van der Waals surface area contributed by atoms with Crippen molar-refractivity contribution in [1.29, 1.82) is 0 Å². The summed E-state index contributed by atoms with van der Waals surface area (Å²) >= 11 is 1.53. The number of aryl methyl sites for hydroxylation is 1. The SMILES string of the molecule is Cc1ccc(Cc2csc(N3CCC(S(=O)(=O)c4c(F)cccc4F)CC3)n2)cc1. The number of hydrogen-bond donors (Lipinski definition) is 0. The number of halogens is 2. The lowest BCUT2D eigenvalue weighted by molar-refractivity contribution is 0.497. The largest absolute Gasteiger partial charge is 0.348 e. The maximum Gasteiger partial charge on any atom is 0.187 e. The molecule has 2 heterocycles. The summed E-state index contributed by atoms with van der Waals surface area (Å²) in [5, 5.41) is 2.07. The van der Waals surface area contributed by atoms with Gasteiger partial charge in [-0.3, -0.25) is 0 Å². The van der Waals surface area contributed by atoms with Gasteiger partial charge in [0.15, 0.2) is 15.0 Å². The maximum absolute atomic E-state index is 14.0. The number of aromatic nitrogens is 1. The molecule has 1 saturated heterocycles. The third kappa shape index (κ3) is 4.25. The van der Waals surface area contributed by atoms with Gasteiger partial charge in [0.05, 0.1) is 10.9 Å². The van der Waals surface area contributed by atoms with Crippen LogP contribution in [0.1, 0.15) is 29.7 Å². The molecule has 158 valence electrons. The second kappa shape index (κ2) is 8.43. The quantitative estimate of drug-likeness (QED) is 0.565. The monoisotopic (exact) mass is 448 g/mol. The van der Waals surface area contributed by atoms with E-state index >= 15 is 0 Å². The molecule has 0 radical (unpaired) electrons. The Hall–Kier alpha value is -2.32. The average molecular weight is 449 g/mol. The zero-order valence-corrected chi connectivity index (χ0v) is 18.1. The highest BCUT2D eigenvalue weighted by atomic mass is 32.2. The van der Waals surface area contributed by atoms with Gasteiger partial charge in [-0.05, 0) is 37.5 Å². The number of piperidine rings is 1. The van der Waals surface area contributed by atoms with Crippen molar-refractivity contribution in [3.63, 3.8) is 0 Å². The van der Waals surface area contributed by atoms with E-state index in [0.29, 0.717) is 25.9 Å². The Balaban J connectivity index is 1.42. The molecule has 1 fully saturated rings. The lowest BCUT2D eigenvalue weighted by Crippen LogP contribution is -2.39. The number of anilines is 1. The fourth-order valence-electron chi connectivity index (χ4n) is 3.72. The Morgan fingerprint density at radius 1 is 1.07 bits per heavy atom. The minimum atomic E-state index is -4.06. The van der Waals surface area contributed by atoms with Crippen LogP contribution in [0.2, 0.25) is 0 Å². The summed E-state index contributed by atoms with van der Waals surface area (Å²) in [4.78, 5) is 5.94. The zero-order chi connectivity index (χ0) is 21.3. The Morgan fingerprint density at radius 3 is 2.33 bits per heavy atom. The highest BCUT2D eigenvalue weighted by molar-refractivity contribution is 7.92. The molecular formula is C22H22F2N2O2S2. The molecular weight excluding hydrogens is 426 g/mol. The van der Waals surface area contributed by atoms with Gasteiger partial charge in [-0.25, -0.2) is 22.2 Å². The highest BCUT2D eigenvalue weighted by Gasteiger charge is 2.35. The summed E-state index contributed by atoms with van der Waals surface area (Å²) in [7, 11) is -4.06. The van der Waals surface area contributed by atoms with Gasteiger partial charge in [-0.1, -0.05) is 35.9 Å². The Morgan fingerprint density at radius 2 is 1.70 bits per heavy atom. The van der Waals surface area contributed by atoms with Gasteiger partial charge in [0.1, 0.15) is 16.5 Å². The van der Waals surface area contributed by atoms with Crippen molar-refractivity contribution in [2.75, 3.05) is 18.0 Å². The third-order valence-electron chi connectivity index (χ3n) is 5.40. The molecule has 0 amide bonds. The molecule has 0 atom stereocenters. The van der Waals surface area contributed by atoms with E-state index in [-0.39, 0.29) is 0 Å². The van der Waals surface area contributed by atoms with E-state index in [1.165, 1.54) is 28.5 Å². The van der Waals surface area contributed by atoms with Crippen LogP contribution in [-0.2, 0) is 16.3 Å². The van der Waals surface area contributed by atoms with Crippen molar-refractivity contribution in [2.24, 2.45) is 0 Å². The van der Waals surface area contributed by atoms with E-state index in [1.807, 2.05) is 10.3 Å². The summed E-state index contributed by atoms with van der Waals surface area (Å²) in [6.45, 7) is 3.02. The molecule has 8 heteroatoms. The third-order valence-corrected chi connectivity index (χ3v) is 8.66. The predicted molar refractivity (Wildman–Crippen MR) is 115 cm³/mol. The van der Waals surface area contributed by atoms with Crippen molar-refractivity contribution >= 4 is 26.3 Å². The van der Waals surface area contributed by atoms with Gasteiger partial charge < -0.3 is 4.90 Å². The van der Waals surface area contributed by atoms with Gasteiger partial charge in [0, 0.05) is 24.9 Å². The molecule has 3 aromatic rings. The second-order valence-corrected chi connectivity index (χ2v) is 10.6. The maximum atomic E-state index is 14.0. The number of benzene rings is 2. The van der Waals surface area contributed by atoms with Gasteiger partial charge >= 0.3 is 0 Å². The van der Waals surface area contributed by atoms with Crippen molar-refractivity contribution in [2.45, 2.75) is 36.3 Å². The van der Waals surface area contributed by atoms with Crippen LogP contribution < -0.4 is 4.90 Å². The molecule has 0 saturated carbocycles. The molecule has 0 bridgehead atoms. The minimum absolute atomic E-state index is 0.309. The Bertz CT molecular complexity index is 1120. The van der Waals surface area contributed by atoms with Crippen molar-refractivity contribution in [3.05, 3.63) is 76.3 Å². The Labute approximate surface area is 179 Å². The van der Waals surface area contributed by atoms with Gasteiger partial charge in [-0.15, -0.1) is 11.3 Å². The topological polar surface area (TPSA) is 50.3 Å². The molecule has 0 unspecified atom stereocenters. The van der Waals surface area contributed by atoms with Crippen molar-refractivity contribution in [3.8, 4) is 0 Å². The summed E-state index contributed by atoms with van der Waals surface area (Å²) in [6.07, 6.45) is 1.36. The molecule has 1 aliphatic rings. The van der Waals surface area contributed by atoms with E-state index in [0.717, 1.165) is 29.4 Å². The van der Waals surface area contributed by atoms with E-state index in [2.05, 4.69) is 31.2 Å². The van der Waals surface area contributed by atoms with Crippen LogP contribution >= 0.6 is 11.3 Å². The molecule has 0 spiro atoms. The van der Waals surface area contributed by atoms with Crippen LogP contribution in [0.15, 0.2) is 52.7 Å². The molecule has 1 aliphatic heterocycles. The van der Waals surface area contributed by atoms with Gasteiger partial charge in [0.25, 0.3) is 0 Å². The first kappa shape index (κ1) is 20.9. The first-order valence-corrected chi connectivity index (χ1v) is 12.2. The summed E-state index contributed by atoms with van der Waals surface area (Å²) < 4.78 is 53.6. The lowest BCUT2D eigenvalue weighted by Gasteiger charge is -2.31. The fourth-order valence-corrected chi connectivity index (χ4v) is 6.44. The normalized spacial score (nSPS) is 15.5. The zero-order valence-electron chi connectivity index (χ0n) is 16.5. The second-order valence-electron chi connectivity index (χ2n) is 7.57. The van der Waals surface area contributed by atoms with Crippen molar-refractivity contribution in [1.82, 2.24) is 4.98 Å². The summed E-state index contributed by atoms with van der Waals surface area (Å²) in [6, 6.07) is 11.5. The number of sulfone groups is 1. The minimum Gasteiger partial charge on any atom is -0.348 e. The molecule has 0 N–H and O–H groups in total. The van der Waals surface area contributed by atoms with Gasteiger partial charge in [0.2, 0.25) is 0 Å². The van der Waals surface area contributed by atoms with Gasteiger partial charge in [-0.2, -0.15) is 0 Å².